The Hall–Kier alpha value is -2.28. The summed E-state index contributed by atoms with van der Waals surface area (Å²) in [5.74, 6) is 0. The van der Waals surface area contributed by atoms with Crippen LogP contribution in [0.4, 0.5) is 0 Å². The summed E-state index contributed by atoms with van der Waals surface area (Å²) in [4.78, 5) is 1.07. The van der Waals surface area contributed by atoms with Crippen molar-refractivity contribution in [2.45, 2.75) is 71.7 Å². The van der Waals surface area contributed by atoms with E-state index in [1.807, 2.05) is 72.8 Å². The summed E-state index contributed by atoms with van der Waals surface area (Å²) in [5, 5.41) is 0. The van der Waals surface area contributed by atoms with Crippen molar-refractivity contribution in [3.63, 3.8) is 0 Å². The molecule has 1 fully saturated rings. The molecule has 1 aliphatic rings. The van der Waals surface area contributed by atoms with E-state index in [9.17, 15) is 0 Å². The van der Waals surface area contributed by atoms with Crippen LogP contribution in [0.1, 0.15) is 23.6 Å². The maximum absolute atomic E-state index is 6.90. The molecule has 2 unspecified atom stereocenters. The molecule has 1 heterocycles. The van der Waals surface area contributed by atoms with Gasteiger partial charge in [0.25, 0.3) is 0 Å². The van der Waals surface area contributed by atoms with Crippen LogP contribution < -0.4 is 0 Å². The van der Waals surface area contributed by atoms with E-state index < -0.39 is 36.1 Å². The fourth-order valence-corrected chi connectivity index (χ4v) is 6.78. The molecule has 238 valence electrons. The Bertz CT molecular complexity index is 1370. The van der Waals surface area contributed by atoms with Gasteiger partial charge in [-0.3, -0.25) is 0 Å². The molecule has 0 aromatic heterocycles. The van der Waals surface area contributed by atoms with Crippen molar-refractivity contribution in [1.29, 1.82) is 0 Å². The van der Waals surface area contributed by atoms with Crippen molar-refractivity contribution in [1.82, 2.24) is 0 Å². The van der Waals surface area contributed by atoms with Crippen molar-refractivity contribution in [2.24, 2.45) is 0 Å². The summed E-state index contributed by atoms with van der Waals surface area (Å²) in [5.41, 5.74) is 2.82. The van der Waals surface area contributed by atoms with Gasteiger partial charge < -0.3 is 28.4 Å². The highest BCUT2D eigenvalue weighted by molar-refractivity contribution is 14.1. The summed E-state index contributed by atoms with van der Waals surface area (Å²) in [6.07, 6.45) is -2.36. The molecular formula is C37H41IO6S. The first-order chi connectivity index (χ1) is 22.1. The van der Waals surface area contributed by atoms with Crippen molar-refractivity contribution in [2.75, 3.05) is 13.7 Å². The topological polar surface area (TPSA) is 55.4 Å². The van der Waals surface area contributed by atoms with Crippen molar-refractivity contribution in [3.8, 4) is 0 Å². The lowest BCUT2D eigenvalue weighted by Crippen LogP contribution is -2.61. The quantitative estimate of drug-likeness (QED) is 0.0655. The number of hydrogen-bond donors (Lipinski definition) is 0. The van der Waals surface area contributed by atoms with E-state index in [1.54, 1.807) is 18.9 Å². The number of hydrogen-bond acceptors (Lipinski definition) is 7. The van der Waals surface area contributed by atoms with E-state index in [0.717, 1.165) is 21.6 Å². The molecule has 45 heavy (non-hydrogen) atoms. The molecule has 0 aliphatic carbocycles. The fourth-order valence-electron chi connectivity index (χ4n) is 5.18. The second-order valence-electron chi connectivity index (χ2n) is 10.9. The lowest BCUT2D eigenvalue weighted by atomic mass is 9.98. The Kier molecular flexibility index (Phi) is 13.7. The normalized spacial score (nSPS) is 23.0. The van der Waals surface area contributed by atoms with Gasteiger partial charge in [-0.2, -0.15) is 0 Å². The molecule has 0 amide bonds. The molecule has 1 saturated heterocycles. The molecular weight excluding hydrogens is 699 g/mol. The van der Waals surface area contributed by atoms with E-state index in [0.29, 0.717) is 26.4 Å². The zero-order valence-corrected chi connectivity index (χ0v) is 28.6. The van der Waals surface area contributed by atoms with Crippen molar-refractivity contribution < 1.29 is 28.4 Å². The molecule has 7 atom stereocenters. The SMILES string of the molecule is COC(O[C@H]1[C@@H](OCc2ccccc2)[C@H](OCc2ccccc2)[C@@H](COCc2ccccc2)O[C@@H]1Sc1ccccc1)C(C)I. The third-order valence-electron chi connectivity index (χ3n) is 7.45. The monoisotopic (exact) mass is 740 g/mol. The van der Waals surface area contributed by atoms with Gasteiger partial charge in [0.05, 0.1) is 30.4 Å². The zero-order valence-electron chi connectivity index (χ0n) is 25.7. The van der Waals surface area contributed by atoms with Crippen LogP contribution in [-0.4, -0.2) is 53.8 Å². The molecule has 0 N–H and O–H groups in total. The Morgan fingerprint density at radius 3 is 1.67 bits per heavy atom. The summed E-state index contributed by atoms with van der Waals surface area (Å²) in [6, 6.07) is 40.7. The molecule has 6 nitrogen and oxygen atoms in total. The van der Waals surface area contributed by atoms with Gasteiger partial charge in [0.2, 0.25) is 0 Å². The summed E-state index contributed by atoms with van der Waals surface area (Å²) in [6.45, 7) is 3.66. The van der Waals surface area contributed by atoms with Crippen LogP contribution in [0.2, 0.25) is 0 Å². The Morgan fingerprint density at radius 2 is 1.16 bits per heavy atom. The third kappa shape index (κ3) is 10.4. The first-order valence-electron chi connectivity index (χ1n) is 15.2. The third-order valence-corrected chi connectivity index (χ3v) is 9.19. The molecule has 0 bridgehead atoms. The summed E-state index contributed by atoms with van der Waals surface area (Å²) < 4.78 is 39.4. The van der Waals surface area contributed by atoms with Crippen LogP contribution in [0.25, 0.3) is 0 Å². The number of benzene rings is 4. The molecule has 8 heteroatoms. The van der Waals surface area contributed by atoms with Gasteiger partial charge in [0.1, 0.15) is 29.9 Å². The minimum absolute atomic E-state index is 0.0837. The zero-order chi connectivity index (χ0) is 31.3. The van der Waals surface area contributed by atoms with Gasteiger partial charge >= 0.3 is 0 Å². The van der Waals surface area contributed by atoms with E-state index in [1.165, 1.54) is 0 Å². The highest BCUT2D eigenvalue weighted by atomic mass is 127. The number of rotatable bonds is 16. The first-order valence-corrected chi connectivity index (χ1v) is 17.4. The molecule has 0 radical (unpaired) electrons. The van der Waals surface area contributed by atoms with Crippen molar-refractivity contribution >= 4 is 34.4 Å². The fraction of sp³-hybridized carbons (Fsp3) is 0.351. The predicted octanol–water partition coefficient (Wildman–Crippen LogP) is 8.07. The molecule has 0 saturated carbocycles. The number of methoxy groups -OCH3 is 1. The highest BCUT2D eigenvalue weighted by Gasteiger charge is 2.50. The maximum Gasteiger partial charge on any atom is 0.169 e. The van der Waals surface area contributed by atoms with Gasteiger partial charge in [0, 0.05) is 12.0 Å². The van der Waals surface area contributed by atoms with E-state index >= 15 is 0 Å². The molecule has 4 aromatic rings. The van der Waals surface area contributed by atoms with Gasteiger partial charge in [-0.15, -0.1) is 0 Å². The standard InChI is InChI=1S/C37H41IO6S/c1-27(38)36(39-2)44-35-34(42-25-30-19-11-5-12-20-30)33(41-24-29-17-9-4-10-18-29)32(26-40-23-28-15-7-3-8-16-28)43-37(35)45-31-21-13-6-14-22-31/h3-22,27,32-37H,23-26H2,1-2H3/t27?,32-,33-,34+,35+,36?,37-/m1/s1. The number of alkyl halides is 1. The maximum atomic E-state index is 6.90. The van der Waals surface area contributed by atoms with Crippen LogP contribution in [0.15, 0.2) is 126 Å². The average Bonchev–Trinajstić information content (AvgIpc) is 3.08. The van der Waals surface area contributed by atoms with Crippen LogP contribution in [0.3, 0.4) is 0 Å². The van der Waals surface area contributed by atoms with Gasteiger partial charge in [-0.1, -0.05) is 144 Å². The number of ether oxygens (including phenoxy) is 6. The van der Waals surface area contributed by atoms with Crippen LogP contribution in [0.5, 0.6) is 0 Å². The lowest BCUT2D eigenvalue weighted by molar-refractivity contribution is -0.280. The number of thioether (sulfide) groups is 1. The second-order valence-corrected chi connectivity index (χ2v) is 14.0. The number of halogens is 1. The highest BCUT2D eigenvalue weighted by Crippen LogP contribution is 2.39. The van der Waals surface area contributed by atoms with Crippen molar-refractivity contribution in [3.05, 3.63) is 138 Å². The van der Waals surface area contributed by atoms with E-state index in [-0.39, 0.29) is 3.92 Å². The van der Waals surface area contributed by atoms with Gasteiger partial charge in [-0.05, 0) is 35.7 Å². The van der Waals surface area contributed by atoms with Crippen LogP contribution in [-0.2, 0) is 48.2 Å². The van der Waals surface area contributed by atoms with E-state index in [2.05, 4.69) is 78.0 Å². The Labute approximate surface area is 284 Å². The Balaban J connectivity index is 1.47. The molecule has 0 spiro atoms. The largest absolute Gasteiger partial charge is 0.374 e. The molecule has 5 rings (SSSR count). The first kappa shape index (κ1) is 34.1. The predicted molar refractivity (Wildman–Crippen MR) is 186 cm³/mol. The average molecular weight is 741 g/mol. The summed E-state index contributed by atoms with van der Waals surface area (Å²) in [7, 11) is 1.67. The van der Waals surface area contributed by atoms with Gasteiger partial charge in [0.15, 0.2) is 6.29 Å². The second kappa shape index (κ2) is 18.2. The molecule has 1 aliphatic heterocycles. The summed E-state index contributed by atoms with van der Waals surface area (Å²) >= 11 is 3.95. The van der Waals surface area contributed by atoms with E-state index in [4.69, 9.17) is 28.4 Å². The smallest absolute Gasteiger partial charge is 0.169 e. The van der Waals surface area contributed by atoms with Gasteiger partial charge in [-0.25, -0.2) is 0 Å². The Morgan fingerprint density at radius 1 is 0.667 bits per heavy atom. The minimum Gasteiger partial charge on any atom is -0.374 e. The molecule has 4 aromatic carbocycles. The minimum atomic E-state index is -0.507. The van der Waals surface area contributed by atoms with Crippen LogP contribution >= 0.6 is 34.4 Å². The van der Waals surface area contributed by atoms with Crippen LogP contribution in [0, 0.1) is 0 Å². The lowest BCUT2D eigenvalue weighted by Gasteiger charge is -2.47.